The Hall–Kier alpha value is -1.69. The lowest BCUT2D eigenvalue weighted by atomic mass is 10.1. The summed E-state index contributed by atoms with van der Waals surface area (Å²) in [4.78, 5) is 22.9. The van der Waals surface area contributed by atoms with E-state index in [4.69, 9.17) is 5.11 Å². The minimum Gasteiger partial charge on any atom is -0.480 e. The number of urea groups is 1. The second kappa shape index (κ2) is 7.79. The van der Waals surface area contributed by atoms with Crippen molar-refractivity contribution in [3.05, 3.63) is 29.3 Å². The lowest BCUT2D eigenvalue weighted by molar-refractivity contribution is -0.139. The summed E-state index contributed by atoms with van der Waals surface area (Å²) in [6.45, 7) is 3.87. The second-order valence-electron chi connectivity index (χ2n) is 4.52. The molecular weight excluding hydrogens is 276 g/mol. The molecule has 3 N–H and O–H groups in total. The van der Waals surface area contributed by atoms with Crippen LogP contribution >= 0.6 is 11.8 Å². The van der Waals surface area contributed by atoms with Crippen LogP contribution in [0.5, 0.6) is 0 Å². The standard InChI is InChI=1S/C14H20N2O3S/c1-9-5-4-6-11(10(9)2)15-14(19)16-12(13(17)18)7-8-20-3/h4-6,12H,7-8H2,1-3H3,(H,17,18)(H2,15,16,19)/t12-/m1/s1. The van der Waals surface area contributed by atoms with Crippen LogP contribution in [0.25, 0.3) is 0 Å². The van der Waals surface area contributed by atoms with Crippen molar-refractivity contribution < 1.29 is 14.7 Å². The number of aliphatic carboxylic acids is 1. The van der Waals surface area contributed by atoms with Crippen molar-refractivity contribution >= 4 is 29.4 Å². The van der Waals surface area contributed by atoms with Crippen molar-refractivity contribution in [1.29, 1.82) is 0 Å². The largest absolute Gasteiger partial charge is 0.480 e. The highest BCUT2D eigenvalue weighted by atomic mass is 32.2. The van der Waals surface area contributed by atoms with Gasteiger partial charge in [0.05, 0.1) is 0 Å². The van der Waals surface area contributed by atoms with Gasteiger partial charge in [-0.1, -0.05) is 12.1 Å². The summed E-state index contributed by atoms with van der Waals surface area (Å²) in [6, 6.07) is 4.23. The number of carbonyl (C=O) groups excluding carboxylic acids is 1. The van der Waals surface area contributed by atoms with E-state index in [0.29, 0.717) is 17.9 Å². The fourth-order valence-corrected chi connectivity index (χ4v) is 2.17. The van der Waals surface area contributed by atoms with Crippen LogP contribution in [-0.4, -0.2) is 35.2 Å². The molecule has 0 saturated heterocycles. The third kappa shape index (κ3) is 4.77. The highest BCUT2D eigenvalue weighted by Crippen LogP contribution is 2.17. The summed E-state index contributed by atoms with van der Waals surface area (Å²) < 4.78 is 0. The number of carboxylic acids is 1. The molecule has 0 aliphatic heterocycles. The number of nitrogens with one attached hydrogen (secondary N) is 2. The Kier molecular flexibility index (Phi) is 6.38. The van der Waals surface area contributed by atoms with Crippen LogP contribution in [0.4, 0.5) is 10.5 Å². The van der Waals surface area contributed by atoms with Gasteiger partial charge in [-0.3, -0.25) is 0 Å². The molecule has 110 valence electrons. The fraction of sp³-hybridized carbons (Fsp3) is 0.429. The number of amides is 2. The number of anilines is 1. The molecule has 0 aliphatic carbocycles. The Labute approximate surface area is 123 Å². The summed E-state index contributed by atoms with van der Waals surface area (Å²) in [5, 5.41) is 14.2. The Bertz CT molecular complexity index is 491. The van der Waals surface area contributed by atoms with Crippen molar-refractivity contribution in [2.24, 2.45) is 0 Å². The van der Waals surface area contributed by atoms with Gasteiger partial charge in [0, 0.05) is 5.69 Å². The maximum Gasteiger partial charge on any atom is 0.326 e. The van der Waals surface area contributed by atoms with Crippen LogP contribution in [0.3, 0.4) is 0 Å². The third-order valence-electron chi connectivity index (χ3n) is 3.07. The van der Waals surface area contributed by atoms with Gasteiger partial charge in [-0.25, -0.2) is 9.59 Å². The molecule has 6 heteroatoms. The number of carboxylic acid groups (broad SMARTS) is 1. The zero-order chi connectivity index (χ0) is 15.1. The van der Waals surface area contributed by atoms with E-state index in [0.717, 1.165) is 11.1 Å². The number of thioether (sulfide) groups is 1. The zero-order valence-corrected chi connectivity index (χ0v) is 12.7. The normalized spacial score (nSPS) is 11.8. The van der Waals surface area contributed by atoms with Crippen molar-refractivity contribution in [3.8, 4) is 0 Å². The van der Waals surface area contributed by atoms with Crippen LogP contribution in [0.2, 0.25) is 0 Å². The van der Waals surface area contributed by atoms with Gasteiger partial charge in [0.25, 0.3) is 0 Å². The summed E-state index contributed by atoms with van der Waals surface area (Å²) >= 11 is 1.55. The first kappa shape index (κ1) is 16.4. The molecule has 1 rings (SSSR count). The maximum absolute atomic E-state index is 11.9. The van der Waals surface area contributed by atoms with E-state index in [1.165, 1.54) is 0 Å². The van der Waals surface area contributed by atoms with E-state index in [1.807, 2.05) is 32.2 Å². The molecule has 0 bridgehead atoms. The number of benzene rings is 1. The summed E-state index contributed by atoms with van der Waals surface area (Å²) in [7, 11) is 0. The number of rotatable bonds is 6. The van der Waals surface area contributed by atoms with Gasteiger partial charge in [-0.2, -0.15) is 11.8 Å². The van der Waals surface area contributed by atoms with E-state index in [9.17, 15) is 9.59 Å². The van der Waals surface area contributed by atoms with E-state index >= 15 is 0 Å². The van der Waals surface area contributed by atoms with Crippen molar-refractivity contribution in [3.63, 3.8) is 0 Å². The molecule has 0 radical (unpaired) electrons. The Morgan fingerprint density at radius 2 is 2.05 bits per heavy atom. The van der Waals surface area contributed by atoms with Gasteiger partial charge < -0.3 is 15.7 Å². The number of hydrogen-bond acceptors (Lipinski definition) is 3. The number of hydrogen-bond donors (Lipinski definition) is 3. The molecule has 0 unspecified atom stereocenters. The third-order valence-corrected chi connectivity index (χ3v) is 3.71. The summed E-state index contributed by atoms with van der Waals surface area (Å²) in [6.07, 6.45) is 2.30. The van der Waals surface area contributed by atoms with E-state index in [2.05, 4.69) is 10.6 Å². The SMILES string of the molecule is CSCC[C@@H](NC(=O)Nc1cccc(C)c1C)C(=O)O. The van der Waals surface area contributed by atoms with Crippen LogP contribution in [-0.2, 0) is 4.79 Å². The Balaban J connectivity index is 2.66. The molecule has 2 amide bonds. The summed E-state index contributed by atoms with van der Waals surface area (Å²) in [5.74, 6) is -0.337. The number of aryl methyl sites for hydroxylation is 1. The van der Waals surface area contributed by atoms with Gasteiger partial charge in [0.15, 0.2) is 0 Å². The van der Waals surface area contributed by atoms with Crippen LogP contribution in [0.15, 0.2) is 18.2 Å². The molecular formula is C14H20N2O3S. The van der Waals surface area contributed by atoms with Crippen molar-refractivity contribution in [2.75, 3.05) is 17.3 Å². The molecule has 1 aromatic carbocycles. The minimum absolute atomic E-state index is 0.400. The van der Waals surface area contributed by atoms with Gasteiger partial charge in [0.2, 0.25) is 0 Å². The van der Waals surface area contributed by atoms with Crippen LogP contribution in [0, 0.1) is 13.8 Å². The molecule has 0 aliphatic rings. The fourth-order valence-electron chi connectivity index (χ4n) is 1.70. The monoisotopic (exact) mass is 296 g/mol. The Morgan fingerprint density at radius 1 is 1.35 bits per heavy atom. The molecule has 5 nitrogen and oxygen atoms in total. The first-order chi connectivity index (χ1) is 9.45. The van der Waals surface area contributed by atoms with E-state index in [1.54, 1.807) is 17.8 Å². The minimum atomic E-state index is -1.02. The quantitative estimate of drug-likeness (QED) is 0.754. The first-order valence-electron chi connectivity index (χ1n) is 6.31. The topological polar surface area (TPSA) is 78.4 Å². The lowest BCUT2D eigenvalue weighted by Gasteiger charge is -2.16. The molecule has 0 heterocycles. The molecule has 20 heavy (non-hydrogen) atoms. The van der Waals surface area contributed by atoms with Crippen molar-refractivity contribution in [1.82, 2.24) is 5.32 Å². The number of carbonyl (C=O) groups is 2. The predicted molar refractivity (Wildman–Crippen MR) is 82.5 cm³/mol. The average molecular weight is 296 g/mol. The van der Waals surface area contributed by atoms with Crippen LogP contribution in [0.1, 0.15) is 17.5 Å². The molecule has 0 saturated carbocycles. The van der Waals surface area contributed by atoms with Crippen molar-refractivity contribution in [2.45, 2.75) is 26.3 Å². The molecule has 1 aromatic rings. The van der Waals surface area contributed by atoms with E-state index in [-0.39, 0.29) is 0 Å². The molecule has 0 aromatic heterocycles. The second-order valence-corrected chi connectivity index (χ2v) is 5.50. The van der Waals surface area contributed by atoms with Gasteiger partial charge in [-0.05, 0) is 49.5 Å². The highest BCUT2D eigenvalue weighted by molar-refractivity contribution is 7.98. The van der Waals surface area contributed by atoms with Crippen LogP contribution < -0.4 is 10.6 Å². The van der Waals surface area contributed by atoms with Gasteiger partial charge >= 0.3 is 12.0 Å². The Morgan fingerprint density at radius 3 is 2.65 bits per heavy atom. The van der Waals surface area contributed by atoms with E-state index < -0.39 is 18.0 Å². The predicted octanol–water partition coefficient (Wildman–Crippen LogP) is 2.63. The molecule has 0 spiro atoms. The molecule has 1 atom stereocenters. The highest BCUT2D eigenvalue weighted by Gasteiger charge is 2.19. The van der Waals surface area contributed by atoms with Gasteiger partial charge in [-0.15, -0.1) is 0 Å². The lowest BCUT2D eigenvalue weighted by Crippen LogP contribution is -2.43. The summed E-state index contributed by atoms with van der Waals surface area (Å²) in [5.41, 5.74) is 2.73. The smallest absolute Gasteiger partial charge is 0.326 e. The average Bonchev–Trinajstić information content (AvgIpc) is 2.39. The molecule has 0 fully saturated rings. The van der Waals surface area contributed by atoms with Gasteiger partial charge in [0.1, 0.15) is 6.04 Å². The maximum atomic E-state index is 11.9. The first-order valence-corrected chi connectivity index (χ1v) is 7.70. The zero-order valence-electron chi connectivity index (χ0n) is 11.9.